The van der Waals surface area contributed by atoms with E-state index in [9.17, 15) is 0 Å². The molecule has 0 amide bonds. The van der Waals surface area contributed by atoms with E-state index in [0.717, 1.165) is 78.5 Å². The van der Waals surface area contributed by atoms with Gasteiger partial charge in [0.15, 0.2) is 29.0 Å². The number of nitrogens with zero attached hydrogens (tertiary/aromatic N) is 5. The maximum absolute atomic E-state index is 6.65. The molecule has 6 heteroatoms. The van der Waals surface area contributed by atoms with Crippen LogP contribution in [0.15, 0.2) is 212 Å². The van der Waals surface area contributed by atoms with Gasteiger partial charge in [0.2, 0.25) is 0 Å². The van der Waals surface area contributed by atoms with Crippen molar-refractivity contribution in [1.29, 1.82) is 0 Å². The Hall–Kier alpha value is -8.35. The summed E-state index contributed by atoms with van der Waals surface area (Å²) in [7, 11) is 0. The first-order chi connectivity index (χ1) is 30.2. The molecular formula is C55H35N5O. The minimum Gasteiger partial charge on any atom is -0.453 e. The zero-order valence-electron chi connectivity index (χ0n) is 32.9. The van der Waals surface area contributed by atoms with Crippen molar-refractivity contribution in [3.63, 3.8) is 0 Å². The molecule has 9 aromatic carbocycles. The van der Waals surface area contributed by atoms with Gasteiger partial charge in [-0.3, -0.25) is 0 Å². The Labute approximate surface area is 352 Å². The van der Waals surface area contributed by atoms with Crippen molar-refractivity contribution in [2.75, 3.05) is 4.90 Å². The summed E-state index contributed by atoms with van der Waals surface area (Å²) in [5.41, 5.74) is 11.3. The molecule has 0 aliphatic carbocycles. The van der Waals surface area contributed by atoms with Crippen LogP contribution in [0.3, 0.4) is 0 Å². The largest absolute Gasteiger partial charge is 0.453 e. The quantitative estimate of drug-likeness (QED) is 0.168. The molecule has 0 radical (unpaired) electrons. The molecule has 3 heterocycles. The molecule has 0 unspecified atom stereocenters. The van der Waals surface area contributed by atoms with Gasteiger partial charge in [-0.2, -0.15) is 0 Å². The van der Waals surface area contributed by atoms with Gasteiger partial charge in [-0.1, -0.05) is 146 Å². The van der Waals surface area contributed by atoms with Crippen LogP contribution in [0.5, 0.6) is 11.5 Å². The lowest BCUT2D eigenvalue weighted by Crippen LogP contribution is -2.15. The molecule has 286 valence electrons. The molecule has 0 bridgehead atoms. The first-order valence-corrected chi connectivity index (χ1v) is 20.4. The maximum atomic E-state index is 6.65. The van der Waals surface area contributed by atoms with Crippen LogP contribution in [0.4, 0.5) is 17.1 Å². The third kappa shape index (κ3) is 6.00. The number of anilines is 3. The van der Waals surface area contributed by atoms with Gasteiger partial charge < -0.3 is 14.2 Å². The van der Waals surface area contributed by atoms with Crippen LogP contribution in [0.2, 0.25) is 0 Å². The molecule has 0 N–H and O–H groups in total. The van der Waals surface area contributed by atoms with E-state index in [2.05, 4.69) is 149 Å². The van der Waals surface area contributed by atoms with E-state index < -0.39 is 0 Å². The molecule has 1 aliphatic rings. The Morgan fingerprint density at radius 3 is 1.74 bits per heavy atom. The van der Waals surface area contributed by atoms with Crippen LogP contribution >= 0.6 is 0 Å². The van der Waals surface area contributed by atoms with Crippen molar-refractivity contribution in [2.24, 2.45) is 0 Å². The number of hydrogen-bond donors (Lipinski definition) is 0. The van der Waals surface area contributed by atoms with Crippen molar-refractivity contribution in [3.05, 3.63) is 212 Å². The number of hydrogen-bond acceptors (Lipinski definition) is 5. The fourth-order valence-electron chi connectivity index (χ4n) is 8.68. The molecule has 0 saturated heterocycles. The van der Waals surface area contributed by atoms with Crippen molar-refractivity contribution < 1.29 is 4.74 Å². The van der Waals surface area contributed by atoms with Crippen LogP contribution in [0.1, 0.15) is 0 Å². The van der Waals surface area contributed by atoms with Crippen molar-refractivity contribution in [1.82, 2.24) is 19.5 Å². The number of ether oxygens (including phenoxy) is 1. The van der Waals surface area contributed by atoms with Crippen LogP contribution in [0, 0.1) is 0 Å². The summed E-state index contributed by atoms with van der Waals surface area (Å²) in [6.07, 6.45) is 0. The van der Waals surface area contributed by atoms with Crippen LogP contribution < -0.4 is 9.64 Å². The van der Waals surface area contributed by atoms with Crippen LogP contribution in [-0.4, -0.2) is 19.5 Å². The molecular weight excluding hydrogens is 747 g/mol. The van der Waals surface area contributed by atoms with E-state index in [1.165, 1.54) is 16.2 Å². The number of para-hydroxylation sites is 3. The third-order valence-electron chi connectivity index (χ3n) is 11.6. The Balaban J connectivity index is 0.955. The molecule has 2 aromatic heterocycles. The molecule has 0 spiro atoms. The highest BCUT2D eigenvalue weighted by Gasteiger charge is 2.26. The van der Waals surface area contributed by atoms with Gasteiger partial charge in [0, 0.05) is 38.8 Å². The fourth-order valence-corrected chi connectivity index (χ4v) is 8.68. The molecule has 12 rings (SSSR count). The standard InChI is InChI=1S/C55H35N5O/c1-3-15-37(16-4-1)53-56-54(38-17-5-2-6-18-38)58-55(57-53)42-20-13-21-43(33-42)59-47-23-10-9-22-45(47)46-34-40(27-30-48(46)59)41-28-31-50-52(35-41)61-51-25-12-11-24-49(51)60(50)44-29-26-36-14-7-8-19-39(36)32-44/h1-35H. The van der Waals surface area contributed by atoms with E-state index >= 15 is 0 Å². The molecule has 0 fully saturated rings. The number of benzene rings is 9. The van der Waals surface area contributed by atoms with E-state index in [1.54, 1.807) is 0 Å². The Morgan fingerprint density at radius 2 is 0.934 bits per heavy atom. The molecule has 0 saturated carbocycles. The molecule has 0 atom stereocenters. The minimum atomic E-state index is 0.619. The van der Waals surface area contributed by atoms with Crippen LogP contribution in [-0.2, 0) is 0 Å². The van der Waals surface area contributed by atoms with Gasteiger partial charge in [0.25, 0.3) is 0 Å². The monoisotopic (exact) mass is 781 g/mol. The lowest BCUT2D eigenvalue weighted by atomic mass is 10.0. The topological polar surface area (TPSA) is 56.1 Å². The highest BCUT2D eigenvalue weighted by Crippen LogP contribution is 2.51. The van der Waals surface area contributed by atoms with Gasteiger partial charge in [0.05, 0.1) is 22.4 Å². The number of rotatable bonds is 6. The van der Waals surface area contributed by atoms with E-state index in [1.807, 2.05) is 72.8 Å². The summed E-state index contributed by atoms with van der Waals surface area (Å²) >= 11 is 0. The number of aromatic nitrogens is 4. The second kappa shape index (κ2) is 14.2. The summed E-state index contributed by atoms with van der Waals surface area (Å²) in [5, 5.41) is 4.75. The summed E-state index contributed by atoms with van der Waals surface area (Å²) in [5.74, 6) is 3.53. The van der Waals surface area contributed by atoms with Gasteiger partial charge in [0.1, 0.15) is 0 Å². The lowest BCUT2D eigenvalue weighted by molar-refractivity contribution is 0.477. The average Bonchev–Trinajstić information content (AvgIpc) is 3.67. The van der Waals surface area contributed by atoms with E-state index in [-0.39, 0.29) is 0 Å². The molecule has 11 aromatic rings. The van der Waals surface area contributed by atoms with Crippen LogP contribution in [0.25, 0.3) is 83.6 Å². The first kappa shape index (κ1) is 34.7. The van der Waals surface area contributed by atoms with Gasteiger partial charge in [-0.05, 0) is 88.6 Å². The highest BCUT2D eigenvalue weighted by atomic mass is 16.5. The van der Waals surface area contributed by atoms with Gasteiger partial charge >= 0.3 is 0 Å². The Kier molecular flexibility index (Phi) is 8.06. The maximum Gasteiger partial charge on any atom is 0.164 e. The third-order valence-corrected chi connectivity index (χ3v) is 11.6. The van der Waals surface area contributed by atoms with Crippen molar-refractivity contribution in [3.8, 4) is 62.5 Å². The predicted octanol–water partition coefficient (Wildman–Crippen LogP) is 14.4. The zero-order valence-corrected chi connectivity index (χ0v) is 32.9. The minimum absolute atomic E-state index is 0.619. The molecule has 6 nitrogen and oxygen atoms in total. The summed E-state index contributed by atoms with van der Waals surface area (Å²) < 4.78 is 8.99. The second-order valence-electron chi connectivity index (χ2n) is 15.3. The van der Waals surface area contributed by atoms with E-state index in [4.69, 9.17) is 19.7 Å². The first-order valence-electron chi connectivity index (χ1n) is 20.4. The fraction of sp³-hybridized carbons (Fsp3) is 0. The Morgan fingerprint density at radius 1 is 0.328 bits per heavy atom. The molecule has 61 heavy (non-hydrogen) atoms. The van der Waals surface area contributed by atoms with Gasteiger partial charge in [-0.15, -0.1) is 0 Å². The van der Waals surface area contributed by atoms with Crippen molar-refractivity contribution in [2.45, 2.75) is 0 Å². The Bertz CT molecular complexity index is 3410. The van der Waals surface area contributed by atoms with E-state index in [0.29, 0.717) is 17.5 Å². The second-order valence-corrected chi connectivity index (χ2v) is 15.3. The zero-order chi connectivity index (χ0) is 40.3. The summed E-state index contributed by atoms with van der Waals surface area (Å²) in [4.78, 5) is 17.3. The molecule has 1 aliphatic heterocycles. The van der Waals surface area contributed by atoms with Gasteiger partial charge in [-0.25, -0.2) is 15.0 Å². The SMILES string of the molecule is c1ccc(-c2nc(-c3ccccc3)nc(-c3cccc(-n4c5ccccc5c5cc(-c6ccc7c(c6)Oc6ccccc6N7c6ccc7ccccc7c6)ccc54)c3)n2)cc1. The predicted molar refractivity (Wildman–Crippen MR) is 248 cm³/mol. The lowest BCUT2D eigenvalue weighted by Gasteiger charge is -2.33. The summed E-state index contributed by atoms with van der Waals surface area (Å²) in [6.45, 7) is 0. The highest BCUT2D eigenvalue weighted by molar-refractivity contribution is 6.10. The average molecular weight is 782 g/mol. The number of fused-ring (bicyclic) bond motifs is 6. The smallest absolute Gasteiger partial charge is 0.164 e. The normalized spacial score (nSPS) is 12.0. The summed E-state index contributed by atoms with van der Waals surface area (Å²) in [6, 6.07) is 74.0. The van der Waals surface area contributed by atoms with Crippen molar-refractivity contribution >= 4 is 49.6 Å².